The van der Waals surface area contributed by atoms with Gasteiger partial charge in [0.05, 0.1) is 0 Å². The predicted octanol–water partition coefficient (Wildman–Crippen LogP) is 3.41. The highest BCUT2D eigenvalue weighted by Gasteiger charge is 2.34. The standard InChI is InChI=1S/C22H31ClFN3O2/c1-22(2,3)21(29)27-8-6-16(7-9-27)20(28)26-12-10-25(11-13-26)15-17-4-5-18(24)14-19(17)23/h4-5,14,16H,6-13,15H2,1-3H3. The quantitative estimate of drug-likeness (QED) is 0.748. The molecule has 0 saturated carbocycles. The second kappa shape index (κ2) is 9.00. The highest BCUT2D eigenvalue weighted by atomic mass is 35.5. The number of carbonyl (C=O) groups excluding carboxylic acids is 2. The van der Waals surface area contributed by atoms with E-state index in [0.717, 1.165) is 31.5 Å². The largest absolute Gasteiger partial charge is 0.342 e. The van der Waals surface area contributed by atoms with Gasteiger partial charge in [0.15, 0.2) is 0 Å². The van der Waals surface area contributed by atoms with Gasteiger partial charge in [-0.2, -0.15) is 0 Å². The molecule has 0 bridgehead atoms. The fourth-order valence-electron chi connectivity index (χ4n) is 4.08. The third kappa shape index (κ3) is 5.48. The van der Waals surface area contributed by atoms with Crippen molar-refractivity contribution < 1.29 is 14.0 Å². The maximum Gasteiger partial charge on any atom is 0.227 e. The van der Waals surface area contributed by atoms with Gasteiger partial charge < -0.3 is 9.80 Å². The Bertz CT molecular complexity index is 749. The average Bonchev–Trinajstić information content (AvgIpc) is 2.69. The van der Waals surface area contributed by atoms with Crippen molar-refractivity contribution in [1.82, 2.24) is 14.7 Å². The molecule has 0 atom stereocenters. The number of benzene rings is 1. The van der Waals surface area contributed by atoms with Gasteiger partial charge in [0.2, 0.25) is 11.8 Å². The first-order valence-corrected chi connectivity index (χ1v) is 10.8. The molecule has 2 amide bonds. The van der Waals surface area contributed by atoms with Gasteiger partial charge in [0.25, 0.3) is 0 Å². The molecule has 1 aromatic rings. The molecule has 5 nitrogen and oxygen atoms in total. The molecular weight excluding hydrogens is 393 g/mol. The molecule has 2 saturated heterocycles. The Morgan fingerprint density at radius 2 is 1.66 bits per heavy atom. The van der Waals surface area contributed by atoms with Crippen LogP contribution in [0.1, 0.15) is 39.2 Å². The summed E-state index contributed by atoms with van der Waals surface area (Å²) in [6.07, 6.45) is 1.48. The van der Waals surface area contributed by atoms with Crippen LogP contribution >= 0.6 is 11.6 Å². The lowest BCUT2D eigenvalue weighted by atomic mass is 9.90. The zero-order valence-corrected chi connectivity index (χ0v) is 18.3. The van der Waals surface area contributed by atoms with Crippen molar-refractivity contribution in [2.75, 3.05) is 39.3 Å². The van der Waals surface area contributed by atoms with Crippen LogP contribution in [0.25, 0.3) is 0 Å². The molecule has 160 valence electrons. The second-order valence-corrected chi connectivity index (χ2v) is 9.56. The molecule has 0 aromatic heterocycles. The monoisotopic (exact) mass is 423 g/mol. The van der Waals surface area contributed by atoms with Gasteiger partial charge in [0, 0.05) is 62.2 Å². The van der Waals surface area contributed by atoms with Gasteiger partial charge >= 0.3 is 0 Å². The van der Waals surface area contributed by atoms with Gasteiger partial charge in [0.1, 0.15) is 5.82 Å². The molecule has 0 spiro atoms. The summed E-state index contributed by atoms with van der Waals surface area (Å²) in [5.41, 5.74) is 0.532. The van der Waals surface area contributed by atoms with Crippen LogP contribution in [0.4, 0.5) is 4.39 Å². The number of amides is 2. The number of piperazine rings is 1. The van der Waals surface area contributed by atoms with Gasteiger partial charge in [-0.15, -0.1) is 0 Å². The molecule has 2 aliphatic heterocycles. The van der Waals surface area contributed by atoms with Crippen LogP contribution in [0, 0.1) is 17.2 Å². The Balaban J connectivity index is 1.46. The predicted molar refractivity (Wildman–Crippen MR) is 112 cm³/mol. The molecule has 0 aliphatic carbocycles. The van der Waals surface area contributed by atoms with Crippen molar-refractivity contribution in [3.63, 3.8) is 0 Å². The van der Waals surface area contributed by atoms with Crippen LogP contribution < -0.4 is 0 Å². The normalized spacial score (nSPS) is 19.5. The summed E-state index contributed by atoms with van der Waals surface area (Å²) in [7, 11) is 0. The minimum Gasteiger partial charge on any atom is -0.342 e. The SMILES string of the molecule is CC(C)(C)C(=O)N1CCC(C(=O)N2CCN(Cc3ccc(F)cc3Cl)CC2)CC1. The first-order valence-electron chi connectivity index (χ1n) is 10.4. The molecular formula is C22H31ClFN3O2. The molecule has 2 fully saturated rings. The van der Waals surface area contributed by atoms with E-state index >= 15 is 0 Å². The fourth-order valence-corrected chi connectivity index (χ4v) is 4.31. The van der Waals surface area contributed by atoms with E-state index < -0.39 is 0 Å². The number of piperidine rings is 1. The highest BCUT2D eigenvalue weighted by molar-refractivity contribution is 6.31. The number of hydrogen-bond acceptors (Lipinski definition) is 3. The Labute approximate surface area is 177 Å². The number of likely N-dealkylation sites (tertiary alicyclic amines) is 1. The van der Waals surface area contributed by atoms with E-state index in [2.05, 4.69) is 4.90 Å². The molecule has 7 heteroatoms. The summed E-state index contributed by atoms with van der Waals surface area (Å²) in [5.74, 6) is 0.0605. The van der Waals surface area contributed by atoms with Crippen LogP contribution in [-0.4, -0.2) is 65.8 Å². The molecule has 1 aromatic carbocycles. The summed E-state index contributed by atoms with van der Waals surface area (Å²) in [6.45, 7) is 10.7. The van der Waals surface area contributed by atoms with Gasteiger partial charge in [-0.3, -0.25) is 14.5 Å². The maximum absolute atomic E-state index is 13.2. The third-order valence-electron chi connectivity index (χ3n) is 5.87. The summed E-state index contributed by atoms with van der Waals surface area (Å²) >= 11 is 6.13. The Kier molecular flexibility index (Phi) is 6.84. The first kappa shape index (κ1) is 22.0. The van der Waals surface area contributed by atoms with Crippen molar-refractivity contribution in [3.8, 4) is 0 Å². The fraction of sp³-hybridized carbons (Fsp3) is 0.636. The van der Waals surface area contributed by atoms with Crippen molar-refractivity contribution in [1.29, 1.82) is 0 Å². The maximum atomic E-state index is 13.2. The molecule has 0 N–H and O–H groups in total. The molecule has 2 heterocycles. The van der Waals surface area contributed by atoms with E-state index in [1.165, 1.54) is 12.1 Å². The zero-order valence-electron chi connectivity index (χ0n) is 17.6. The molecule has 2 aliphatic rings. The Hall–Kier alpha value is -1.66. The lowest BCUT2D eigenvalue weighted by molar-refractivity contribution is -0.145. The summed E-state index contributed by atoms with van der Waals surface area (Å²) in [4.78, 5) is 31.4. The number of nitrogens with zero attached hydrogens (tertiary/aromatic N) is 3. The van der Waals surface area contributed by atoms with Crippen molar-refractivity contribution in [2.45, 2.75) is 40.2 Å². The number of carbonyl (C=O) groups is 2. The zero-order chi connectivity index (χ0) is 21.2. The van der Waals surface area contributed by atoms with Crippen molar-refractivity contribution >= 4 is 23.4 Å². The van der Waals surface area contributed by atoms with Crippen LogP contribution in [0.2, 0.25) is 5.02 Å². The van der Waals surface area contributed by atoms with Crippen molar-refractivity contribution in [3.05, 3.63) is 34.6 Å². The number of rotatable bonds is 3. The summed E-state index contributed by atoms with van der Waals surface area (Å²) in [6, 6.07) is 4.49. The average molecular weight is 424 g/mol. The highest BCUT2D eigenvalue weighted by Crippen LogP contribution is 2.25. The van der Waals surface area contributed by atoms with E-state index in [9.17, 15) is 14.0 Å². The van der Waals surface area contributed by atoms with Crippen LogP contribution in [0.5, 0.6) is 0 Å². The lowest BCUT2D eigenvalue weighted by Gasteiger charge is -2.39. The lowest BCUT2D eigenvalue weighted by Crippen LogP contribution is -2.52. The Morgan fingerprint density at radius 3 is 2.21 bits per heavy atom. The van der Waals surface area contributed by atoms with Crippen LogP contribution in [-0.2, 0) is 16.1 Å². The minimum absolute atomic E-state index is 0.0112. The van der Waals surface area contributed by atoms with E-state index in [4.69, 9.17) is 11.6 Å². The topological polar surface area (TPSA) is 43.9 Å². The van der Waals surface area contributed by atoms with Crippen LogP contribution in [0.3, 0.4) is 0 Å². The van der Waals surface area contributed by atoms with Gasteiger partial charge in [-0.1, -0.05) is 38.4 Å². The molecule has 29 heavy (non-hydrogen) atoms. The summed E-state index contributed by atoms with van der Waals surface area (Å²) in [5, 5.41) is 0.445. The molecule has 0 unspecified atom stereocenters. The minimum atomic E-state index is -0.374. The number of halogens is 2. The first-order chi connectivity index (χ1) is 13.6. The van der Waals surface area contributed by atoms with E-state index in [0.29, 0.717) is 37.7 Å². The van der Waals surface area contributed by atoms with Crippen LogP contribution in [0.15, 0.2) is 18.2 Å². The molecule has 3 rings (SSSR count). The van der Waals surface area contributed by atoms with E-state index in [1.54, 1.807) is 6.07 Å². The summed E-state index contributed by atoms with van der Waals surface area (Å²) < 4.78 is 13.2. The smallest absolute Gasteiger partial charge is 0.227 e. The molecule has 0 radical (unpaired) electrons. The third-order valence-corrected chi connectivity index (χ3v) is 6.22. The van der Waals surface area contributed by atoms with E-state index in [1.807, 2.05) is 30.6 Å². The second-order valence-electron chi connectivity index (χ2n) is 9.15. The van der Waals surface area contributed by atoms with Gasteiger partial charge in [-0.05, 0) is 30.5 Å². The van der Waals surface area contributed by atoms with Crippen molar-refractivity contribution in [2.24, 2.45) is 11.3 Å². The Morgan fingerprint density at radius 1 is 1.03 bits per heavy atom. The van der Waals surface area contributed by atoms with Gasteiger partial charge in [-0.25, -0.2) is 4.39 Å². The number of hydrogen-bond donors (Lipinski definition) is 0. The van der Waals surface area contributed by atoms with E-state index in [-0.39, 0.29) is 29.0 Å².